The molecule has 1 atom stereocenters. The molecular formula is C18H16O2. The lowest BCUT2D eigenvalue weighted by Crippen LogP contribution is -2.10. The highest BCUT2D eigenvalue weighted by molar-refractivity contribution is 5.80. The van der Waals surface area contributed by atoms with Crippen LogP contribution in [0.5, 0.6) is 0 Å². The highest BCUT2D eigenvalue weighted by Crippen LogP contribution is 2.37. The van der Waals surface area contributed by atoms with Crippen LogP contribution in [0.2, 0.25) is 0 Å². The highest BCUT2D eigenvalue weighted by atomic mass is 16.3. The standard InChI is InChI=1S/C18H16O2/c1-13(19)11-18-15(12-16-6-4-10-20-16)9-8-14-5-2-3-7-17(14)18/h2-10,12,18H,11H2,1H3. The first-order chi connectivity index (χ1) is 9.74. The Hall–Kier alpha value is -2.35. The Labute approximate surface area is 118 Å². The number of Topliss-reactive ketones (excluding diaryl/α,β-unsaturated/α-hetero) is 1. The van der Waals surface area contributed by atoms with Gasteiger partial charge in [-0.05, 0) is 41.8 Å². The third-order valence-electron chi connectivity index (χ3n) is 3.57. The van der Waals surface area contributed by atoms with Gasteiger partial charge in [0.25, 0.3) is 0 Å². The maximum absolute atomic E-state index is 11.6. The van der Waals surface area contributed by atoms with E-state index in [9.17, 15) is 4.79 Å². The zero-order chi connectivity index (χ0) is 13.9. The third kappa shape index (κ3) is 2.50. The van der Waals surface area contributed by atoms with E-state index in [-0.39, 0.29) is 11.7 Å². The molecule has 2 aromatic rings. The van der Waals surface area contributed by atoms with Gasteiger partial charge in [0.15, 0.2) is 0 Å². The van der Waals surface area contributed by atoms with E-state index < -0.39 is 0 Å². The minimum atomic E-state index is 0.110. The predicted molar refractivity (Wildman–Crippen MR) is 80.2 cm³/mol. The van der Waals surface area contributed by atoms with Gasteiger partial charge in [0.1, 0.15) is 11.5 Å². The van der Waals surface area contributed by atoms with Crippen LogP contribution in [0.3, 0.4) is 0 Å². The second kappa shape index (κ2) is 5.33. The number of hydrogen-bond donors (Lipinski definition) is 0. The van der Waals surface area contributed by atoms with Crippen molar-refractivity contribution in [3.05, 3.63) is 71.2 Å². The Morgan fingerprint density at radius 3 is 2.80 bits per heavy atom. The number of carbonyl (C=O) groups excluding carboxylic acids is 1. The average molecular weight is 264 g/mol. The van der Waals surface area contributed by atoms with Gasteiger partial charge in [0.05, 0.1) is 6.26 Å². The molecule has 1 aliphatic rings. The SMILES string of the molecule is CC(=O)CC1C(=Cc2ccco2)C=Cc2ccccc21. The van der Waals surface area contributed by atoms with E-state index in [1.165, 1.54) is 11.1 Å². The van der Waals surface area contributed by atoms with E-state index in [1.807, 2.05) is 30.3 Å². The number of carbonyl (C=O) groups is 1. The minimum Gasteiger partial charge on any atom is -0.465 e. The van der Waals surface area contributed by atoms with E-state index in [1.54, 1.807) is 13.2 Å². The number of benzene rings is 1. The number of furan rings is 1. The van der Waals surface area contributed by atoms with Crippen molar-refractivity contribution in [3.8, 4) is 0 Å². The molecule has 0 saturated heterocycles. The van der Waals surface area contributed by atoms with Gasteiger partial charge in [0, 0.05) is 12.3 Å². The zero-order valence-electron chi connectivity index (χ0n) is 11.4. The van der Waals surface area contributed by atoms with Gasteiger partial charge in [-0.15, -0.1) is 0 Å². The monoisotopic (exact) mass is 264 g/mol. The first-order valence-electron chi connectivity index (χ1n) is 6.75. The summed E-state index contributed by atoms with van der Waals surface area (Å²) in [5.41, 5.74) is 3.52. The maximum Gasteiger partial charge on any atom is 0.130 e. The van der Waals surface area contributed by atoms with E-state index >= 15 is 0 Å². The fourth-order valence-corrected chi connectivity index (χ4v) is 2.66. The largest absolute Gasteiger partial charge is 0.465 e. The molecule has 0 spiro atoms. The molecule has 1 aromatic heterocycles. The van der Waals surface area contributed by atoms with Crippen molar-refractivity contribution in [1.29, 1.82) is 0 Å². The van der Waals surface area contributed by atoms with Crippen molar-refractivity contribution in [1.82, 2.24) is 0 Å². The van der Waals surface area contributed by atoms with Crippen LogP contribution < -0.4 is 0 Å². The van der Waals surface area contributed by atoms with Crippen molar-refractivity contribution < 1.29 is 9.21 Å². The lowest BCUT2D eigenvalue weighted by molar-refractivity contribution is -0.117. The summed E-state index contributed by atoms with van der Waals surface area (Å²) in [5, 5.41) is 0. The third-order valence-corrected chi connectivity index (χ3v) is 3.57. The molecule has 1 aliphatic carbocycles. The van der Waals surface area contributed by atoms with Crippen molar-refractivity contribution in [3.63, 3.8) is 0 Å². The number of ketones is 1. The van der Waals surface area contributed by atoms with Crippen LogP contribution in [-0.4, -0.2) is 5.78 Å². The molecule has 100 valence electrons. The Kier molecular flexibility index (Phi) is 3.38. The van der Waals surface area contributed by atoms with Crippen molar-refractivity contribution in [2.75, 3.05) is 0 Å². The number of hydrogen-bond acceptors (Lipinski definition) is 2. The van der Waals surface area contributed by atoms with Crippen LogP contribution in [0, 0.1) is 0 Å². The lowest BCUT2D eigenvalue weighted by atomic mass is 9.80. The summed E-state index contributed by atoms with van der Waals surface area (Å²) in [5.74, 6) is 1.13. The second-order valence-corrected chi connectivity index (χ2v) is 5.08. The van der Waals surface area contributed by atoms with Gasteiger partial charge in [-0.2, -0.15) is 0 Å². The van der Waals surface area contributed by atoms with E-state index in [2.05, 4.69) is 24.3 Å². The van der Waals surface area contributed by atoms with E-state index in [0.717, 1.165) is 11.3 Å². The molecule has 0 aliphatic heterocycles. The Balaban J connectivity index is 2.05. The quantitative estimate of drug-likeness (QED) is 0.819. The molecule has 0 saturated carbocycles. The summed E-state index contributed by atoms with van der Waals surface area (Å²) in [6, 6.07) is 12.0. The van der Waals surface area contributed by atoms with Crippen molar-refractivity contribution >= 4 is 17.9 Å². The number of fused-ring (bicyclic) bond motifs is 1. The van der Waals surface area contributed by atoms with Crippen LogP contribution >= 0.6 is 0 Å². The van der Waals surface area contributed by atoms with Crippen LogP contribution in [0.25, 0.3) is 12.2 Å². The summed E-state index contributed by atoms with van der Waals surface area (Å²) in [7, 11) is 0. The molecule has 3 rings (SSSR count). The van der Waals surface area contributed by atoms with E-state index in [0.29, 0.717) is 6.42 Å². The first kappa shape index (κ1) is 12.7. The summed E-state index contributed by atoms with van der Waals surface area (Å²) < 4.78 is 5.38. The Bertz CT molecular complexity index is 675. The van der Waals surface area contributed by atoms with Gasteiger partial charge in [-0.3, -0.25) is 4.79 Å². The second-order valence-electron chi connectivity index (χ2n) is 5.08. The summed E-state index contributed by atoms with van der Waals surface area (Å²) in [6.07, 6.45) is 8.38. The molecule has 0 radical (unpaired) electrons. The molecule has 1 aromatic carbocycles. The van der Waals surface area contributed by atoms with Gasteiger partial charge >= 0.3 is 0 Å². The molecule has 0 amide bonds. The molecule has 20 heavy (non-hydrogen) atoms. The van der Waals surface area contributed by atoms with Gasteiger partial charge in [-0.1, -0.05) is 36.4 Å². The first-order valence-corrected chi connectivity index (χ1v) is 6.75. The zero-order valence-corrected chi connectivity index (χ0v) is 11.4. The Morgan fingerprint density at radius 1 is 1.20 bits per heavy atom. The molecular weight excluding hydrogens is 248 g/mol. The fraction of sp³-hybridized carbons (Fsp3) is 0.167. The van der Waals surface area contributed by atoms with Crippen LogP contribution in [-0.2, 0) is 4.79 Å². The predicted octanol–water partition coefficient (Wildman–Crippen LogP) is 4.45. The summed E-state index contributed by atoms with van der Waals surface area (Å²) in [6.45, 7) is 1.64. The van der Waals surface area contributed by atoms with Gasteiger partial charge < -0.3 is 4.42 Å². The summed E-state index contributed by atoms with van der Waals surface area (Å²) >= 11 is 0. The molecule has 1 unspecified atom stereocenters. The number of rotatable bonds is 3. The fourth-order valence-electron chi connectivity index (χ4n) is 2.66. The molecule has 1 heterocycles. The topological polar surface area (TPSA) is 30.2 Å². The number of allylic oxidation sites excluding steroid dienone is 2. The van der Waals surface area contributed by atoms with Crippen LogP contribution in [0.15, 0.2) is 58.7 Å². The molecule has 0 bridgehead atoms. The maximum atomic E-state index is 11.6. The highest BCUT2D eigenvalue weighted by Gasteiger charge is 2.22. The lowest BCUT2D eigenvalue weighted by Gasteiger charge is -2.23. The van der Waals surface area contributed by atoms with Crippen molar-refractivity contribution in [2.45, 2.75) is 19.3 Å². The van der Waals surface area contributed by atoms with Gasteiger partial charge in [0.2, 0.25) is 0 Å². The van der Waals surface area contributed by atoms with Crippen LogP contribution in [0.4, 0.5) is 0 Å². The normalized spacial score (nSPS) is 19.1. The van der Waals surface area contributed by atoms with Crippen LogP contribution in [0.1, 0.15) is 36.1 Å². The minimum absolute atomic E-state index is 0.110. The Morgan fingerprint density at radius 2 is 2.05 bits per heavy atom. The molecule has 0 N–H and O–H groups in total. The van der Waals surface area contributed by atoms with Crippen molar-refractivity contribution in [2.24, 2.45) is 0 Å². The molecule has 0 fully saturated rings. The summed E-state index contributed by atoms with van der Waals surface area (Å²) in [4.78, 5) is 11.6. The average Bonchev–Trinajstić information content (AvgIpc) is 2.94. The van der Waals surface area contributed by atoms with E-state index in [4.69, 9.17) is 4.42 Å². The van der Waals surface area contributed by atoms with Gasteiger partial charge in [-0.25, -0.2) is 0 Å². The smallest absolute Gasteiger partial charge is 0.130 e. The molecule has 2 nitrogen and oxygen atoms in total. The molecule has 2 heteroatoms.